The van der Waals surface area contributed by atoms with E-state index < -0.39 is 0 Å². The molecule has 1 atom stereocenters. The van der Waals surface area contributed by atoms with Crippen molar-refractivity contribution in [3.05, 3.63) is 12.2 Å². The molecule has 0 fully saturated rings. The molecule has 0 rings (SSSR count). The molecule has 1 unspecified atom stereocenters. The van der Waals surface area contributed by atoms with Gasteiger partial charge < -0.3 is 4.74 Å². The van der Waals surface area contributed by atoms with Gasteiger partial charge in [-0.05, 0) is 25.7 Å². The third kappa shape index (κ3) is 16.7. The predicted molar refractivity (Wildman–Crippen MR) is 114 cm³/mol. The molecule has 2 nitrogen and oxygen atoms in total. The Morgan fingerprint density at radius 1 is 0.731 bits per heavy atom. The molecule has 0 aromatic carbocycles. The zero-order valence-electron chi connectivity index (χ0n) is 18.1. The molecule has 0 aromatic rings. The number of carbonyl (C=O) groups is 1. The predicted octanol–water partition coefficient (Wildman–Crippen LogP) is 8.00. The highest BCUT2D eigenvalue weighted by Crippen LogP contribution is 2.19. The van der Waals surface area contributed by atoms with Crippen LogP contribution in [-0.2, 0) is 9.53 Å². The van der Waals surface area contributed by atoms with E-state index in [9.17, 15) is 4.79 Å². The molecule has 0 bridgehead atoms. The second-order valence-corrected chi connectivity index (χ2v) is 8.06. The lowest BCUT2D eigenvalue weighted by atomic mass is 9.95. The van der Waals surface area contributed by atoms with Crippen LogP contribution < -0.4 is 0 Å². The molecule has 0 aliphatic rings. The highest BCUT2D eigenvalue weighted by Gasteiger charge is 2.12. The second kappa shape index (κ2) is 19.0. The molecule has 0 saturated heterocycles. The Kier molecular flexibility index (Phi) is 18.4. The van der Waals surface area contributed by atoms with Gasteiger partial charge >= 0.3 is 5.97 Å². The van der Waals surface area contributed by atoms with E-state index in [2.05, 4.69) is 20.4 Å². The Balaban J connectivity index is 3.59. The first kappa shape index (κ1) is 25.2. The van der Waals surface area contributed by atoms with Gasteiger partial charge in [0.15, 0.2) is 0 Å². The topological polar surface area (TPSA) is 26.3 Å². The minimum absolute atomic E-state index is 0.235. The van der Waals surface area contributed by atoms with Crippen LogP contribution in [0.4, 0.5) is 0 Å². The maximum atomic E-state index is 11.6. The summed E-state index contributed by atoms with van der Waals surface area (Å²) in [6.45, 7) is 10.4. The molecule has 0 aliphatic heterocycles. The molecule has 0 aromatic heterocycles. The molecule has 0 radical (unpaired) electrons. The second-order valence-electron chi connectivity index (χ2n) is 8.06. The maximum absolute atomic E-state index is 11.6. The maximum Gasteiger partial charge on any atom is 0.333 e. The van der Waals surface area contributed by atoms with Gasteiger partial charge in [-0.1, -0.05) is 110 Å². The SMILES string of the molecule is C=C(C)C(=O)OCC(CCCC)CCCCCCCCCCCCCC. The first-order valence-corrected chi connectivity index (χ1v) is 11.4. The van der Waals surface area contributed by atoms with Crippen LogP contribution >= 0.6 is 0 Å². The Morgan fingerprint density at radius 3 is 1.62 bits per heavy atom. The van der Waals surface area contributed by atoms with Crippen LogP contribution in [0.5, 0.6) is 0 Å². The molecule has 2 heteroatoms. The van der Waals surface area contributed by atoms with Crippen molar-refractivity contribution >= 4 is 5.97 Å². The monoisotopic (exact) mass is 366 g/mol. The minimum atomic E-state index is -0.235. The summed E-state index contributed by atoms with van der Waals surface area (Å²) in [5.41, 5.74) is 0.504. The van der Waals surface area contributed by atoms with Crippen molar-refractivity contribution < 1.29 is 9.53 Å². The van der Waals surface area contributed by atoms with Crippen molar-refractivity contribution in [1.82, 2.24) is 0 Å². The molecule has 0 spiro atoms. The zero-order chi connectivity index (χ0) is 19.5. The van der Waals surface area contributed by atoms with E-state index in [0.29, 0.717) is 18.1 Å². The van der Waals surface area contributed by atoms with Crippen molar-refractivity contribution in [2.45, 2.75) is 124 Å². The standard InChI is InChI=1S/C24H46O2/c1-5-7-9-10-11-12-13-14-15-16-17-18-20-23(19-8-6-2)21-26-24(25)22(3)4/h23H,3,5-21H2,1-2,4H3. The Bertz CT molecular complexity index is 335. The van der Waals surface area contributed by atoms with E-state index in [1.54, 1.807) is 6.92 Å². The average Bonchev–Trinajstić information content (AvgIpc) is 2.63. The Labute approximate surface area is 164 Å². The quantitative estimate of drug-likeness (QED) is 0.131. The van der Waals surface area contributed by atoms with E-state index in [0.717, 1.165) is 0 Å². The third-order valence-electron chi connectivity index (χ3n) is 5.23. The number of unbranched alkanes of at least 4 members (excludes halogenated alkanes) is 12. The van der Waals surface area contributed by atoms with Crippen LogP contribution in [0.15, 0.2) is 12.2 Å². The van der Waals surface area contributed by atoms with Gasteiger partial charge in [0.2, 0.25) is 0 Å². The lowest BCUT2D eigenvalue weighted by Crippen LogP contribution is -2.15. The number of ether oxygens (including phenoxy) is 1. The molecule has 0 heterocycles. The Hall–Kier alpha value is -0.790. The lowest BCUT2D eigenvalue weighted by Gasteiger charge is -2.16. The minimum Gasteiger partial charge on any atom is -0.462 e. The third-order valence-corrected chi connectivity index (χ3v) is 5.23. The van der Waals surface area contributed by atoms with Crippen molar-refractivity contribution in [3.8, 4) is 0 Å². The first-order chi connectivity index (χ1) is 12.6. The highest BCUT2D eigenvalue weighted by molar-refractivity contribution is 5.86. The van der Waals surface area contributed by atoms with E-state index in [-0.39, 0.29) is 5.97 Å². The zero-order valence-corrected chi connectivity index (χ0v) is 18.1. The van der Waals surface area contributed by atoms with Crippen molar-refractivity contribution in [2.75, 3.05) is 6.61 Å². The van der Waals surface area contributed by atoms with Gasteiger partial charge in [0.05, 0.1) is 6.61 Å². The molecular weight excluding hydrogens is 320 g/mol. The van der Waals surface area contributed by atoms with Crippen LogP contribution in [0.25, 0.3) is 0 Å². The molecule has 26 heavy (non-hydrogen) atoms. The summed E-state index contributed by atoms with van der Waals surface area (Å²) in [5, 5.41) is 0. The van der Waals surface area contributed by atoms with Crippen LogP contribution in [0.3, 0.4) is 0 Å². The van der Waals surface area contributed by atoms with E-state index >= 15 is 0 Å². The normalized spacial score (nSPS) is 12.1. The van der Waals surface area contributed by atoms with Gasteiger partial charge in [-0.15, -0.1) is 0 Å². The summed E-state index contributed by atoms with van der Waals surface area (Å²) < 4.78 is 5.38. The van der Waals surface area contributed by atoms with Crippen molar-refractivity contribution in [3.63, 3.8) is 0 Å². The fourth-order valence-corrected chi connectivity index (χ4v) is 3.39. The smallest absolute Gasteiger partial charge is 0.333 e. The summed E-state index contributed by atoms with van der Waals surface area (Å²) in [4.78, 5) is 11.6. The average molecular weight is 367 g/mol. The summed E-state index contributed by atoms with van der Waals surface area (Å²) in [7, 11) is 0. The number of hydrogen-bond donors (Lipinski definition) is 0. The number of esters is 1. The summed E-state index contributed by atoms with van der Waals surface area (Å²) >= 11 is 0. The van der Waals surface area contributed by atoms with E-state index in [1.165, 1.54) is 103 Å². The van der Waals surface area contributed by atoms with E-state index in [1.807, 2.05) is 0 Å². The summed E-state index contributed by atoms with van der Waals surface area (Å²) in [5.74, 6) is 0.294. The van der Waals surface area contributed by atoms with Crippen LogP contribution in [-0.4, -0.2) is 12.6 Å². The van der Waals surface area contributed by atoms with Gasteiger partial charge in [0.25, 0.3) is 0 Å². The van der Waals surface area contributed by atoms with Crippen LogP contribution in [0.1, 0.15) is 124 Å². The highest BCUT2D eigenvalue weighted by atomic mass is 16.5. The molecule has 154 valence electrons. The van der Waals surface area contributed by atoms with E-state index in [4.69, 9.17) is 4.74 Å². The first-order valence-electron chi connectivity index (χ1n) is 11.4. The van der Waals surface area contributed by atoms with Crippen LogP contribution in [0, 0.1) is 5.92 Å². The van der Waals surface area contributed by atoms with Crippen molar-refractivity contribution in [1.29, 1.82) is 0 Å². The molecule has 0 amide bonds. The van der Waals surface area contributed by atoms with Gasteiger partial charge in [0, 0.05) is 5.57 Å². The fourth-order valence-electron chi connectivity index (χ4n) is 3.39. The van der Waals surface area contributed by atoms with Gasteiger partial charge in [-0.2, -0.15) is 0 Å². The van der Waals surface area contributed by atoms with Crippen LogP contribution in [0.2, 0.25) is 0 Å². The molecule has 0 saturated carbocycles. The fraction of sp³-hybridized carbons (Fsp3) is 0.875. The molecule has 0 aliphatic carbocycles. The lowest BCUT2D eigenvalue weighted by molar-refractivity contribution is -0.140. The number of carbonyl (C=O) groups excluding carboxylic acids is 1. The summed E-state index contributed by atoms with van der Waals surface area (Å²) in [6.07, 6.45) is 21.5. The number of rotatable bonds is 19. The molecular formula is C24H46O2. The Morgan fingerprint density at radius 2 is 1.15 bits per heavy atom. The largest absolute Gasteiger partial charge is 0.462 e. The van der Waals surface area contributed by atoms with Gasteiger partial charge in [0.1, 0.15) is 0 Å². The van der Waals surface area contributed by atoms with Gasteiger partial charge in [-0.25, -0.2) is 4.79 Å². The summed E-state index contributed by atoms with van der Waals surface area (Å²) in [6, 6.07) is 0. The molecule has 0 N–H and O–H groups in total. The van der Waals surface area contributed by atoms with Crippen molar-refractivity contribution in [2.24, 2.45) is 5.92 Å². The number of hydrogen-bond acceptors (Lipinski definition) is 2. The van der Waals surface area contributed by atoms with Gasteiger partial charge in [-0.3, -0.25) is 0 Å².